The van der Waals surface area contributed by atoms with E-state index in [-0.39, 0.29) is 10.5 Å². The Labute approximate surface area is 175 Å². The number of aryl methyl sites for hydroxylation is 1. The van der Waals surface area contributed by atoms with Crippen LogP contribution in [-0.2, 0) is 10.0 Å². The van der Waals surface area contributed by atoms with Gasteiger partial charge in [0.05, 0.1) is 15.6 Å². The van der Waals surface area contributed by atoms with Crippen molar-refractivity contribution in [2.45, 2.75) is 37.5 Å². The van der Waals surface area contributed by atoms with Crippen molar-refractivity contribution < 1.29 is 13.2 Å². The summed E-state index contributed by atoms with van der Waals surface area (Å²) in [6.07, 6.45) is 3.78. The van der Waals surface area contributed by atoms with E-state index in [0.717, 1.165) is 25.7 Å². The molecule has 0 atom stereocenters. The van der Waals surface area contributed by atoms with E-state index in [2.05, 4.69) is 5.32 Å². The molecular weight excluding hydrogens is 419 g/mol. The molecular formula is C20H22Cl2N2O3S. The lowest BCUT2D eigenvalue weighted by Crippen LogP contribution is -2.32. The van der Waals surface area contributed by atoms with Crippen molar-refractivity contribution in [2.75, 3.05) is 18.4 Å². The second kappa shape index (κ2) is 8.82. The molecule has 1 heterocycles. The maximum absolute atomic E-state index is 13.1. The molecule has 150 valence electrons. The predicted octanol–water partition coefficient (Wildman–Crippen LogP) is 5.12. The fourth-order valence-electron chi connectivity index (χ4n) is 3.23. The molecule has 28 heavy (non-hydrogen) atoms. The smallest absolute Gasteiger partial charge is 0.255 e. The van der Waals surface area contributed by atoms with Crippen LogP contribution in [-0.4, -0.2) is 31.7 Å². The Balaban J connectivity index is 1.90. The molecule has 3 rings (SSSR count). The number of hydrogen-bond acceptors (Lipinski definition) is 3. The predicted molar refractivity (Wildman–Crippen MR) is 113 cm³/mol. The minimum atomic E-state index is -3.65. The first kappa shape index (κ1) is 21.1. The summed E-state index contributed by atoms with van der Waals surface area (Å²) >= 11 is 12.1. The SMILES string of the molecule is Cc1ccc(C(=O)Nc2cc(Cl)ccc2Cl)cc1S(=O)(=O)N1CCCCCC1. The van der Waals surface area contributed by atoms with E-state index in [1.807, 2.05) is 0 Å². The molecule has 0 bridgehead atoms. The molecule has 2 aromatic carbocycles. The zero-order valence-electron chi connectivity index (χ0n) is 15.5. The zero-order chi connectivity index (χ0) is 20.3. The van der Waals surface area contributed by atoms with Crippen LogP contribution in [0.25, 0.3) is 0 Å². The number of rotatable bonds is 4. The lowest BCUT2D eigenvalue weighted by molar-refractivity contribution is 0.102. The normalized spacial score (nSPS) is 15.8. The number of sulfonamides is 1. The van der Waals surface area contributed by atoms with Crippen molar-refractivity contribution in [1.29, 1.82) is 0 Å². The van der Waals surface area contributed by atoms with Gasteiger partial charge in [-0.05, 0) is 55.7 Å². The number of benzene rings is 2. The fraction of sp³-hybridized carbons (Fsp3) is 0.350. The third kappa shape index (κ3) is 4.69. The van der Waals surface area contributed by atoms with Gasteiger partial charge in [0.2, 0.25) is 10.0 Å². The molecule has 0 unspecified atom stereocenters. The molecule has 1 amide bonds. The molecule has 1 saturated heterocycles. The maximum atomic E-state index is 13.1. The molecule has 1 fully saturated rings. The van der Waals surface area contributed by atoms with Gasteiger partial charge in [0, 0.05) is 23.7 Å². The first-order valence-corrected chi connectivity index (χ1v) is 11.4. The van der Waals surface area contributed by atoms with Crippen molar-refractivity contribution in [3.8, 4) is 0 Å². The largest absolute Gasteiger partial charge is 0.321 e. The van der Waals surface area contributed by atoms with Crippen LogP contribution < -0.4 is 5.32 Å². The molecule has 0 spiro atoms. The van der Waals surface area contributed by atoms with Crippen LogP contribution >= 0.6 is 23.2 Å². The number of hydrogen-bond donors (Lipinski definition) is 1. The Bertz CT molecular complexity index is 985. The van der Waals surface area contributed by atoms with Gasteiger partial charge < -0.3 is 5.32 Å². The number of nitrogens with zero attached hydrogens (tertiary/aromatic N) is 1. The fourth-order valence-corrected chi connectivity index (χ4v) is 5.33. The molecule has 0 aromatic heterocycles. The molecule has 0 aliphatic carbocycles. The van der Waals surface area contributed by atoms with Gasteiger partial charge in [0.25, 0.3) is 5.91 Å². The number of amides is 1. The second-order valence-electron chi connectivity index (χ2n) is 6.88. The quantitative estimate of drug-likeness (QED) is 0.716. The lowest BCUT2D eigenvalue weighted by atomic mass is 10.1. The minimum absolute atomic E-state index is 0.166. The van der Waals surface area contributed by atoms with Gasteiger partial charge >= 0.3 is 0 Å². The monoisotopic (exact) mass is 440 g/mol. The Morgan fingerprint density at radius 3 is 2.36 bits per heavy atom. The van der Waals surface area contributed by atoms with E-state index in [1.165, 1.54) is 10.4 Å². The highest BCUT2D eigenvalue weighted by molar-refractivity contribution is 7.89. The number of halogens is 2. The molecule has 5 nitrogen and oxygen atoms in total. The number of anilines is 1. The number of nitrogens with one attached hydrogen (secondary N) is 1. The van der Waals surface area contributed by atoms with Crippen molar-refractivity contribution in [3.05, 3.63) is 57.6 Å². The summed E-state index contributed by atoms with van der Waals surface area (Å²) in [5.74, 6) is -0.448. The van der Waals surface area contributed by atoms with Crippen LogP contribution in [0.4, 0.5) is 5.69 Å². The van der Waals surface area contributed by atoms with Crippen LogP contribution in [0.3, 0.4) is 0 Å². The highest BCUT2D eigenvalue weighted by atomic mass is 35.5. The highest BCUT2D eigenvalue weighted by Crippen LogP contribution is 2.27. The van der Waals surface area contributed by atoms with Crippen molar-refractivity contribution >= 4 is 44.8 Å². The second-order valence-corrected chi connectivity index (χ2v) is 9.63. The summed E-state index contributed by atoms with van der Waals surface area (Å²) in [6, 6.07) is 9.44. The molecule has 1 aliphatic rings. The van der Waals surface area contributed by atoms with Crippen molar-refractivity contribution in [2.24, 2.45) is 0 Å². The van der Waals surface area contributed by atoms with E-state index in [1.54, 1.807) is 37.3 Å². The number of carbonyl (C=O) groups is 1. The lowest BCUT2D eigenvalue weighted by Gasteiger charge is -2.21. The first-order valence-electron chi connectivity index (χ1n) is 9.16. The molecule has 8 heteroatoms. The Morgan fingerprint density at radius 2 is 1.68 bits per heavy atom. The summed E-state index contributed by atoms with van der Waals surface area (Å²) in [4.78, 5) is 12.8. The van der Waals surface area contributed by atoms with E-state index < -0.39 is 15.9 Å². The van der Waals surface area contributed by atoms with Gasteiger partial charge in [-0.15, -0.1) is 0 Å². The van der Waals surface area contributed by atoms with Crippen molar-refractivity contribution in [3.63, 3.8) is 0 Å². The molecule has 1 aliphatic heterocycles. The van der Waals surface area contributed by atoms with Gasteiger partial charge in [-0.25, -0.2) is 8.42 Å². The maximum Gasteiger partial charge on any atom is 0.255 e. The third-order valence-corrected chi connectivity index (χ3v) is 7.42. The summed E-state index contributed by atoms with van der Waals surface area (Å²) in [5.41, 5.74) is 1.23. The van der Waals surface area contributed by atoms with Gasteiger partial charge in [-0.2, -0.15) is 4.31 Å². The summed E-state index contributed by atoms with van der Waals surface area (Å²) in [6.45, 7) is 2.76. The molecule has 1 N–H and O–H groups in total. The molecule has 0 saturated carbocycles. The van der Waals surface area contributed by atoms with E-state index in [4.69, 9.17) is 23.2 Å². The first-order chi connectivity index (χ1) is 13.3. The summed E-state index contributed by atoms with van der Waals surface area (Å²) in [7, 11) is -3.65. The topological polar surface area (TPSA) is 66.5 Å². The minimum Gasteiger partial charge on any atom is -0.321 e. The Morgan fingerprint density at radius 1 is 1.00 bits per heavy atom. The van der Waals surface area contributed by atoms with Crippen LogP contribution in [0.2, 0.25) is 10.0 Å². The van der Waals surface area contributed by atoms with Gasteiger partial charge in [0.15, 0.2) is 0 Å². The zero-order valence-corrected chi connectivity index (χ0v) is 17.9. The Hall–Kier alpha value is -1.60. The Kier molecular flexibility index (Phi) is 6.65. The third-order valence-electron chi connectivity index (χ3n) is 4.81. The standard InChI is InChI=1S/C20H22Cl2N2O3S/c1-14-6-7-15(20(25)23-18-13-16(21)8-9-17(18)22)12-19(14)28(26,27)24-10-4-2-3-5-11-24/h6-9,12-13H,2-5,10-11H2,1H3,(H,23,25). The van der Waals surface area contributed by atoms with E-state index in [0.29, 0.717) is 34.4 Å². The average Bonchev–Trinajstić information content (AvgIpc) is 2.95. The molecule has 0 radical (unpaired) electrons. The van der Waals surface area contributed by atoms with Crippen LogP contribution in [0.1, 0.15) is 41.6 Å². The summed E-state index contributed by atoms with van der Waals surface area (Å²) in [5, 5.41) is 3.48. The van der Waals surface area contributed by atoms with Crippen molar-refractivity contribution in [1.82, 2.24) is 4.31 Å². The average molecular weight is 441 g/mol. The van der Waals surface area contributed by atoms with Gasteiger partial charge in [0.1, 0.15) is 0 Å². The molecule has 2 aromatic rings. The number of carbonyl (C=O) groups excluding carboxylic acids is 1. The van der Waals surface area contributed by atoms with Crippen LogP contribution in [0.15, 0.2) is 41.3 Å². The highest BCUT2D eigenvalue weighted by Gasteiger charge is 2.27. The van der Waals surface area contributed by atoms with Crippen LogP contribution in [0.5, 0.6) is 0 Å². The van der Waals surface area contributed by atoms with E-state index >= 15 is 0 Å². The van der Waals surface area contributed by atoms with Gasteiger partial charge in [-0.3, -0.25) is 4.79 Å². The van der Waals surface area contributed by atoms with E-state index in [9.17, 15) is 13.2 Å². The summed E-state index contributed by atoms with van der Waals surface area (Å²) < 4.78 is 27.8. The van der Waals surface area contributed by atoms with Crippen LogP contribution in [0, 0.1) is 6.92 Å². The van der Waals surface area contributed by atoms with Gasteiger partial charge in [-0.1, -0.05) is 42.1 Å².